The van der Waals surface area contributed by atoms with E-state index in [9.17, 15) is 23.6 Å². The third-order valence-electron chi connectivity index (χ3n) is 15.0. The fourth-order valence-electron chi connectivity index (χ4n) is 11.5. The maximum atomic E-state index is 15.0. The van der Waals surface area contributed by atoms with Gasteiger partial charge in [-0.25, -0.2) is 18.4 Å². The molecule has 2 aromatic rings. The van der Waals surface area contributed by atoms with Gasteiger partial charge < -0.3 is 28.7 Å². The van der Waals surface area contributed by atoms with Crippen LogP contribution in [0.15, 0.2) is 36.4 Å². The second-order valence-corrected chi connectivity index (χ2v) is 27.5. The monoisotopic (exact) mass is 1190 g/mol. The molecule has 12 nitrogen and oxygen atoms in total. The lowest BCUT2D eigenvalue weighted by Gasteiger charge is -2.45. The van der Waals surface area contributed by atoms with Crippen LogP contribution in [0.5, 0.6) is 0 Å². The molecular formula is C60H92Br2F2N4O8. The summed E-state index contributed by atoms with van der Waals surface area (Å²) in [6, 6.07) is 10.1. The van der Waals surface area contributed by atoms with Gasteiger partial charge >= 0.3 is 24.1 Å². The zero-order valence-corrected chi connectivity index (χ0v) is 51.4. The highest BCUT2D eigenvalue weighted by molar-refractivity contribution is 9.09. The number of benzene rings is 2. The van der Waals surface area contributed by atoms with Gasteiger partial charge in [0.1, 0.15) is 34.0 Å². The molecule has 0 aromatic heterocycles. The number of likely N-dealkylation sites (tertiary alicyclic amines) is 4. The Balaban J connectivity index is 0.000000255. The first-order chi connectivity index (χ1) is 35.4. The Kier molecular flexibility index (Phi) is 22.3. The van der Waals surface area contributed by atoms with E-state index in [-0.39, 0.29) is 53.3 Å². The number of hydrogen-bond acceptors (Lipinski definition) is 10. The molecule has 5 fully saturated rings. The van der Waals surface area contributed by atoms with E-state index in [2.05, 4.69) is 41.7 Å². The summed E-state index contributed by atoms with van der Waals surface area (Å²) < 4.78 is 51.7. The molecule has 4 aliphatic heterocycles. The number of rotatable bonds is 11. The molecule has 428 valence electrons. The van der Waals surface area contributed by atoms with Crippen LogP contribution in [0.1, 0.15) is 195 Å². The number of piperidine rings is 2. The lowest BCUT2D eigenvalue weighted by Crippen LogP contribution is -2.53. The van der Waals surface area contributed by atoms with Crippen LogP contribution < -0.4 is 0 Å². The molecule has 0 unspecified atom stereocenters. The molecule has 76 heavy (non-hydrogen) atoms. The van der Waals surface area contributed by atoms with Gasteiger partial charge in [0.2, 0.25) is 0 Å². The van der Waals surface area contributed by atoms with E-state index >= 15 is 4.39 Å². The van der Waals surface area contributed by atoms with Gasteiger partial charge in [-0.2, -0.15) is 0 Å². The molecule has 0 N–H and O–H groups in total. The minimum Gasteiger partial charge on any atom is -0.460 e. The molecule has 2 aromatic carbocycles. The van der Waals surface area contributed by atoms with Gasteiger partial charge in [0.25, 0.3) is 0 Å². The summed E-state index contributed by atoms with van der Waals surface area (Å²) >= 11 is 6.66. The van der Waals surface area contributed by atoms with Crippen LogP contribution >= 0.6 is 31.9 Å². The predicted octanol–water partition coefficient (Wildman–Crippen LogP) is 14.0. The predicted molar refractivity (Wildman–Crippen MR) is 304 cm³/mol. The Morgan fingerprint density at radius 2 is 0.882 bits per heavy atom. The van der Waals surface area contributed by atoms with E-state index in [1.807, 2.05) is 100 Å². The van der Waals surface area contributed by atoms with Gasteiger partial charge in [-0.3, -0.25) is 19.4 Å². The Hall–Kier alpha value is -3.34. The smallest absolute Gasteiger partial charge is 0.410 e. The SMILES string of the molecule is BrCCCCBr.CC(C)(C)OC(=O)Cc1cc(F)cc(CN2CCCC23CCN(C(=O)OC(C)(C)C)CC3)c1.CC(C)(C)OC(=O)N1CCC2(CCCN2Cc2cc(F)cc(C3(C(=O)OC(C)(C)C)CCCC3)c2)CC1. The van der Waals surface area contributed by atoms with Gasteiger partial charge in [-0.15, -0.1) is 0 Å². The number of alkyl halides is 2. The first-order valence-electron chi connectivity index (χ1n) is 28.0. The van der Waals surface area contributed by atoms with Crippen molar-refractivity contribution < 1.29 is 46.9 Å². The van der Waals surface area contributed by atoms with Crippen LogP contribution in [0.4, 0.5) is 18.4 Å². The van der Waals surface area contributed by atoms with Crippen molar-refractivity contribution >= 4 is 56.0 Å². The number of esters is 2. The van der Waals surface area contributed by atoms with Crippen molar-refractivity contribution in [3.63, 3.8) is 0 Å². The minimum absolute atomic E-state index is 0.0151. The van der Waals surface area contributed by atoms with Gasteiger partial charge in [0, 0.05) is 61.0 Å². The molecule has 2 amide bonds. The largest absolute Gasteiger partial charge is 0.460 e. The van der Waals surface area contributed by atoms with Crippen molar-refractivity contribution in [1.29, 1.82) is 0 Å². The fraction of sp³-hybridized carbons (Fsp3) is 0.733. The standard InChI is InChI=1S/C30H45FN2O4.C26H39FN2O4.C4H8Br2/c1-27(2,3)36-25(34)30(11-7-8-12-30)23-18-22(19-24(31)20-23)21-33-15-9-10-29(33)13-16-32(17-14-29)26(35)37-28(4,5)6;1-24(2,3)32-22(30)17-19-14-20(16-21(27)15-19)18-29-11-7-8-26(29)9-12-28(13-10-26)23(31)33-25(4,5)6;5-3-1-2-4-6/h18-20H,7-17,21H2,1-6H3;14-16H,7-13,17-18H2,1-6H3;1-4H2. The number of carbonyl (C=O) groups is 4. The third-order valence-corrected chi connectivity index (χ3v) is 16.1. The molecule has 1 saturated carbocycles. The lowest BCUT2D eigenvalue weighted by atomic mass is 9.78. The minimum atomic E-state index is -0.772. The second-order valence-electron chi connectivity index (χ2n) is 25.9. The zero-order valence-electron chi connectivity index (χ0n) is 48.2. The van der Waals surface area contributed by atoms with Gasteiger partial charge in [0.15, 0.2) is 0 Å². The number of nitrogens with zero attached hydrogens (tertiary/aromatic N) is 4. The Bertz CT molecular complexity index is 2240. The molecule has 4 heterocycles. The van der Waals surface area contributed by atoms with Gasteiger partial charge in [-0.1, -0.05) is 56.8 Å². The molecule has 4 saturated heterocycles. The summed E-state index contributed by atoms with van der Waals surface area (Å²) in [4.78, 5) is 59.1. The topological polar surface area (TPSA) is 118 Å². The van der Waals surface area contributed by atoms with E-state index in [1.165, 1.54) is 25.0 Å². The van der Waals surface area contributed by atoms with Gasteiger partial charge in [0.05, 0.1) is 11.8 Å². The van der Waals surface area contributed by atoms with E-state index in [0.717, 1.165) is 105 Å². The number of hydrogen-bond donors (Lipinski definition) is 0. The van der Waals surface area contributed by atoms with Gasteiger partial charge in [-0.05, 0) is 220 Å². The summed E-state index contributed by atoms with van der Waals surface area (Å²) in [5.74, 6) is -1.22. The highest BCUT2D eigenvalue weighted by Gasteiger charge is 2.48. The van der Waals surface area contributed by atoms with Crippen molar-refractivity contribution in [3.05, 3.63) is 70.3 Å². The van der Waals surface area contributed by atoms with Crippen molar-refractivity contribution in [2.45, 2.75) is 231 Å². The summed E-state index contributed by atoms with van der Waals surface area (Å²) in [6.07, 6.45) is 13.3. The normalized spacial score (nSPS) is 19.6. The first kappa shape index (κ1) is 63.5. The summed E-state index contributed by atoms with van der Waals surface area (Å²) in [5.41, 5.74) is 0.265. The number of halogens is 4. The van der Waals surface area contributed by atoms with E-state index in [4.69, 9.17) is 18.9 Å². The molecule has 0 radical (unpaired) electrons. The van der Waals surface area contributed by atoms with Crippen molar-refractivity contribution in [1.82, 2.24) is 19.6 Å². The summed E-state index contributed by atoms with van der Waals surface area (Å²) in [7, 11) is 0. The fourth-order valence-corrected chi connectivity index (χ4v) is 12.3. The summed E-state index contributed by atoms with van der Waals surface area (Å²) in [6.45, 7) is 28.3. The number of amides is 2. The second kappa shape index (κ2) is 26.7. The Labute approximate surface area is 471 Å². The molecule has 16 heteroatoms. The molecule has 5 aliphatic rings. The zero-order chi connectivity index (χ0) is 56.3. The van der Waals surface area contributed by atoms with E-state index in [1.54, 1.807) is 17.0 Å². The van der Waals surface area contributed by atoms with Crippen LogP contribution in [-0.4, -0.2) is 127 Å². The molecule has 1 aliphatic carbocycles. The van der Waals surface area contributed by atoms with E-state index < -0.39 is 27.8 Å². The molecule has 0 atom stereocenters. The lowest BCUT2D eigenvalue weighted by molar-refractivity contribution is -0.162. The average Bonchev–Trinajstić information content (AvgIpc) is 4.04. The quantitative estimate of drug-likeness (QED) is 0.0931. The number of unbranched alkanes of at least 4 members (excludes halogenated alkanes) is 1. The van der Waals surface area contributed by atoms with Crippen LogP contribution in [0.3, 0.4) is 0 Å². The van der Waals surface area contributed by atoms with Crippen LogP contribution in [0, 0.1) is 11.6 Å². The molecule has 2 spiro atoms. The Morgan fingerprint density at radius 3 is 1.29 bits per heavy atom. The number of carbonyl (C=O) groups excluding carboxylic acids is 4. The first-order valence-corrected chi connectivity index (χ1v) is 30.2. The van der Waals surface area contributed by atoms with Crippen molar-refractivity contribution in [2.24, 2.45) is 0 Å². The summed E-state index contributed by atoms with van der Waals surface area (Å²) in [5, 5.41) is 2.28. The van der Waals surface area contributed by atoms with E-state index in [0.29, 0.717) is 57.7 Å². The highest BCUT2D eigenvalue weighted by atomic mass is 79.9. The molecule has 7 rings (SSSR count). The molecule has 0 bridgehead atoms. The number of ether oxygens (including phenoxy) is 4. The third kappa shape index (κ3) is 18.9. The van der Waals surface area contributed by atoms with Crippen LogP contribution in [-0.2, 0) is 53.5 Å². The van der Waals surface area contributed by atoms with Crippen molar-refractivity contribution in [2.75, 3.05) is 49.9 Å². The Morgan fingerprint density at radius 1 is 0.487 bits per heavy atom. The van der Waals surface area contributed by atoms with Crippen molar-refractivity contribution in [3.8, 4) is 0 Å². The van der Waals surface area contributed by atoms with Crippen LogP contribution in [0.2, 0.25) is 0 Å². The van der Waals surface area contributed by atoms with Crippen LogP contribution in [0.25, 0.3) is 0 Å². The maximum absolute atomic E-state index is 15.0. The maximum Gasteiger partial charge on any atom is 0.410 e. The average molecular weight is 1200 g/mol. The highest BCUT2D eigenvalue weighted by Crippen LogP contribution is 2.45. The molecular weight excluding hydrogens is 1100 g/mol.